The van der Waals surface area contributed by atoms with E-state index in [1.807, 2.05) is 0 Å². The summed E-state index contributed by atoms with van der Waals surface area (Å²) in [6.45, 7) is 0. The van der Waals surface area contributed by atoms with Crippen LogP contribution < -0.4 is 11.1 Å². The van der Waals surface area contributed by atoms with Gasteiger partial charge in [0.05, 0.1) is 0 Å². The van der Waals surface area contributed by atoms with Crippen molar-refractivity contribution in [3.63, 3.8) is 0 Å². The monoisotopic (exact) mass is 235 g/mol. The molecule has 0 radical (unpaired) electrons. The molecule has 0 saturated carbocycles. The Kier molecular flexibility index (Phi) is 2.90. The smallest absolute Gasteiger partial charge is 0.251 e. The van der Waals surface area contributed by atoms with Crippen LogP contribution in [0.25, 0.3) is 0 Å². The Bertz CT molecular complexity index is 462. The molecular weight excluding hydrogens is 222 g/mol. The number of carbonyl (C=O) groups excluding carboxylic acids is 2. The molecule has 0 bridgehead atoms. The van der Waals surface area contributed by atoms with Crippen molar-refractivity contribution in [1.29, 1.82) is 0 Å². The Balaban J connectivity index is 2.12. The van der Waals surface area contributed by atoms with Gasteiger partial charge in [0.2, 0.25) is 5.91 Å². The molecule has 2 amide bonds. The zero-order valence-corrected chi connectivity index (χ0v) is 9.38. The van der Waals surface area contributed by atoms with E-state index in [1.165, 1.54) is 19.4 Å². The topological polar surface area (TPSA) is 101 Å². The first-order valence-electron chi connectivity index (χ1n) is 5.23. The summed E-state index contributed by atoms with van der Waals surface area (Å²) in [5, 5.41) is 2.91. The summed E-state index contributed by atoms with van der Waals surface area (Å²) < 4.78 is 0. The van der Waals surface area contributed by atoms with Crippen LogP contribution in [0.4, 0.5) is 11.6 Å². The number of likely N-dealkylation sites (N-methyl/N-ethyl adjacent to an activating group) is 1. The number of anilines is 2. The first kappa shape index (κ1) is 11.3. The summed E-state index contributed by atoms with van der Waals surface area (Å²) in [6.07, 6.45) is 3.73. The molecule has 0 spiro atoms. The lowest BCUT2D eigenvalue weighted by Gasteiger charge is -2.28. The Morgan fingerprint density at radius 3 is 2.82 bits per heavy atom. The number of imide groups is 1. The van der Waals surface area contributed by atoms with Crippen LogP contribution in [-0.2, 0) is 9.59 Å². The molecule has 3 N–H and O–H groups in total. The van der Waals surface area contributed by atoms with Crippen molar-refractivity contribution in [2.75, 3.05) is 18.1 Å². The highest BCUT2D eigenvalue weighted by molar-refractivity contribution is 6.01. The fraction of sp³-hybridized carbons (Fsp3) is 0.400. The summed E-state index contributed by atoms with van der Waals surface area (Å²) in [7, 11) is 1.47. The van der Waals surface area contributed by atoms with Gasteiger partial charge in [0, 0.05) is 25.9 Å². The van der Waals surface area contributed by atoms with Crippen molar-refractivity contribution >= 4 is 23.5 Å². The van der Waals surface area contributed by atoms with E-state index in [4.69, 9.17) is 5.73 Å². The normalized spacial score (nSPS) is 20.5. The predicted octanol–water partition coefficient (Wildman–Crippen LogP) is -0.382. The predicted molar refractivity (Wildman–Crippen MR) is 60.9 cm³/mol. The number of hydrogen-bond acceptors (Lipinski definition) is 6. The van der Waals surface area contributed by atoms with Crippen LogP contribution in [0.3, 0.4) is 0 Å². The van der Waals surface area contributed by atoms with Gasteiger partial charge in [-0.3, -0.25) is 14.5 Å². The van der Waals surface area contributed by atoms with Gasteiger partial charge in [-0.1, -0.05) is 0 Å². The lowest BCUT2D eigenvalue weighted by atomic mass is 10.0. The lowest BCUT2D eigenvalue weighted by Crippen LogP contribution is -2.48. The van der Waals surface area contributed by atoms with Crippen LogP contribution in [0.15, 0.2) is 12.4 Å². The lowest BCUT2D eigenvalue weighted by molar-refractivity contribution is -0.146. The molecule has 1 fully saturated rings. The van der Waals surface area contributed by atoms with E-state index in [2.05, 4.69) is 15.3 Å². The second-order valence-corrected chi connectivity index (χ2v) is 3.82. The molecule has 0 aromatic carbocycles. The minimum atomic E-state index is -0.475. The number of amides is 2. The molecule has 1 saturated heterocycles. The zero-order valence-electron chi connectivity index (χ0n) is 9.38. The molecular formula is C10H13N5O2. The fourth-order valence-electron chi connectivity index (χ4n) is 1.67. The molecule has 1 aliphatic rings. The van der Waals surface area contributed by atoms with E-state index >= 15 is 0 Å². The Morgan fingerprint density at radius 1 is 1.41 bits per heavy atom. The average molecular weight is 235 g/mol. The van der Waals surface area contributed by atoms with Crippen molar-refractivity contribution in [2.45, 2.75) is 18.9 Å². The molecule has 2 heterocycles. The van der Waals surface area contributed by atoms with Gasteiger partial charge in [0.1, 0.15) is 6.04 Å². The SMILES string of the molecule is CN1C(=O)CCC(Nc2nccnc2N)C1=O. The number of nitrogens with zero attached hydrogens (tertiary/aromatic N) is 3. The van der Waals surface area contributed by atoms with Crippen LogP contribution in [-0.4, -0.2) is 39.8 Å². The van der Waals surface area contributed by atoms with E-state index < -0.39 is 6.04 Å². The minimum Gasteiger partial charge on any atom is -0.381 e. The van der Waals surface area contributed by atoms with E-state index in [1.54, 1.807) is 0 Å². The third-order valence-electron chi connectivity index (χ3n) is 2.69. The summed E-state index contributed by atoms with van der Waals surface area (Å²) >= 11 is 0. The number of nitrogens with two attached hydrogens (primary N) is 1. The quantitative estimate of drug-likeness (QED) is 0.677. The molecule has 7 nitrogen and oxygen atoms in total. The second kappa shape index (κ2) is 4.36. The Morgan fingerprint density at radius 2 is 2.12 bits per heavy atom. The highest BCUT2D eigenvalue weighted by Crippen LogP contribution is 2.18. The van der Waals surface area contributed by atoms with Gasteiger partial charge < -0.3 is 11.1 Å². The molecule has 0 aliphatic carbocycles. The van der Waals surface area contributed by atoms with Crippen LogP contribution >= 0.6 is 0 Å². The average Bonchev–Trinajstić information content (AvgIpc) is 2.32. The van der Waals surface area contributed by atoms with E-state index in [9.17, 15) is 9.59 Å². The van der Waals surface area contributed by atoms with Crippen LogP contribution in [0.5, 0.6) is 0 Å². The molecule has 1 unspecified atom stereocenters. The largest absolute Gasteiger partial charge is 0.381 e. The van der Waals surface area contributed by atoms with Crippen molar-refractivity contribution in [2.24, 2.45) is 0 Å². The highest BCUT2D eigenvalue weighted by atomic mass is 16.2. The third-order valence-corrected chi connectivity index (χ3v) is 2.69. The van der Waals surface area contributed by atoms with E-state index in [0.29, 0.717) is 18.7 Å². The molecule has 2 rings (SSSR count). The molecule has 1 aliphatic heterocycles. The fourth-order valence-corrected chi connectivity index (χ4v) is 1.67. The maximum Gasteiger partial charge on any atom is 0.251 e. The van der Waals surface area contributed by atoms with Gasteiger partial charge in [-0.05, 0) is 6.42 Å². The number of rotatable bonds is 2. The van der Waals surface area contributed by atoms with Gasteiger partial charge in [-0.15, -0.1) is 0 Å². The van der Waals surface area contributed by atoms with Crippen molar-refractivity contribution in [3.8, 4) is 0 Å². The molecule has 1 atom stereocenters. The number of likely N-dealkylation sites (tertiary alicyclic amines) is 1. The van der Waals surface area contributed by atoms with Gasteiger partial charge in [-0.25, -0.2) is 9.97 Å². The van der Waals surface area contributed by atoms with Gasteiger partial charge in [-0.2, -0.15) is 0 Å². The zero-order chi connectivity index (χ0) is 12.4. The van der Waals surface area contributed by atoms with E-state index in [0.717, 1.165) is 4.90 Å². The highest BCUT2D eigenvalue weighted by Gasteiger charge is 2.32. The number of nitrogen functional groups attached to an aromatic ring is 1. The number of hydrogen-bond donors (Lipinski definition) is 2. The summed E-state index contributed by atoms with van der Waals surface area (Å²) in [5.41, 5.74) is 5.62. The molecule has 17 heavy (non-hydrogen) atoms. The van der Waals surface area contributed by atoms with Crippen LogP contribution in [0.2, 0.25) is 0 Å². The summed E-state index contributed by atoms with van der Waals surface area (Å²) in [6, 6.07) is -0.475. The molecule has 1 aromatic rings. The standard InChI is InChI=1S/C10H13N5O2/c1-15-7(16)3-2-6(10(15)17)14-9-8(11)12-4-5-13-9/h4-6H,2-3H2,1H3,(H2,11,12)(H,13,14). The number of piperidine rings is 1. The van der Waals surface area contributed by atoms with Crippen LogP contribution in [0.1, 0.15) is 12.8 Å². The Hall–Kier alpha value is -2.18. The number of carbonyl (C=O) groups is 2. The van der Waals surface area contributed by atoms with Gasteiger partial charge >= 0.3 is 0 Å². The first-order valence-corrected chi connectivity index (χ1v) is 5.23. The van der Waals surface area contributed by atoms with Crippen LogP contribution in [0, 0.1) is 0 Å². The second-order valence-electron chi connectivity index (χ2n) is 3.82. The molecule has 1 aromatic heterocycles. The number of nitrogens with one attached hydrogen (secondary N) is 1. The maximum absolute atomic E-state index is 11.8. The third kappa shape index (κ3) is 2.17. The number of aromatic nitrogens is 2. The molecule has 90 valence electrons. The van der Waals surface area contributed by atoms with Crippen molar-refractivity contribution < 1.29 is 9.59 Å². The summed E-state index contributed by atoms with van der Waals surface area (Å²) in [5.74, 6) is 0.167. The first-order chi connectivity index (χ1) is 8.09. The Labute approximate surface area is 98.0 Å². The van der Waals surface area contributed by atoms with Gasteiger partial charge in [0.15, 0.2) is 11.6 Å². The van der Waals surface area contributed by atoms with Crippen molar-refractivity contribution in [1.82, 2.24) is 14.9 Å². The maximum atomic E-state index is 11.8. The van der Waals surface area contributed by atoms with E-state index in [-0.39, 0.29) is 17.6 Å². The van der Waals surface area contributed by atoms with Crippen molar-refractivity contribution in [3.05, 3.63) is 12.4 Å². The summed E-state index contributed by atoms with van der Waals surface area (Å²) in [4.78, 5) is 32.1. The minimum absolute atomic E-state index is 0.167. The van der Waals surface area contributed by atoms with Gasteiger partial charge in [0.25, 0.3) is 5.91 Å². The molecule has 7 heteroatoms.